The first kappa shape index (κ1) is 14.5. The normalized spacial score (nSPS) is 60.0. The maximum absolute atomic E-state index is 11.0. The highest BCUT2D eigenvalue weighted by molar-refractivity contribution is 5.11. The molecule has 2 nitrogen and oxygen atoms in total. The van der Waals surface area contributed by atoms with E-state index in [-0.39, 0.29) is 17.6 Å². The zero-order chi connectivity index (χ0) is 14.8. The second-order valence-corrected chi connectivity index (χ2v) is 9.19. The third-order valence-electron chi connectivity index (χ3n) is 8.46. The van der Waals surface area contributed by atoms with Gasteiger partial charge in [0.05, 0.1) is 12.2 Å². The molecule has 0 aromatic carbocycles. The molecule has 8 atom stereocenters. The Morgan fingerprint density at radius 1 is 0.857 bits per heavy atom. The largest absolute Gasteiger partial charge is 0.393 e. The number of hydrogen-bond donors (Lipinski definition) is 2. The molecule has 0 amide bonds. The van der Waals surface area contributed by atoms with Crippen LogP contribution >= 0.6 is 0 Å². The van der Waals surface area contributed by atoms with Gasteiger partial charge in [0, 0.05) is 0 Å². The summed E-state index contributed by atoms with van der Waals surface area (Å²) in [4.78, 5) is 0. The molecule has 0 aromatic heterocycles. The van der Waals surface area contributed by atoms with E-state index < -0.39 is 0 Å². The van der Waals surface area contributed by atoms with Gasteiger partial charge in [0.2, 0.25) is 0 Å². The zero-order valence-corrected chi connectivity index (χ0v) is 13.7. The Bertz CT molecular complexity index is 422. The molecule has 2 N–H and O–H groups in total. The standard InChI is InChI=1S/C19H32O2/c1-18-10-4-3-5-12(18)6-7-13-14-8-9-16(21)19(14,2)11-15(20)17(13)18/h12-17,20-21H,3-11H2,1-2H3/t12-,13?,14?,15?,16?,17?,18?,19?/m1/s1. The lowest BCUT2D eigenvalue weighted by Crippen LogP contribution is -2.58. The van der Waals surface area contributed by atoms with Crippen molar-refractivity contribution in [2.45, 2.75) is 83.8 Å². The van der Waals surface area contributed by atoms with Crippen LogP contribution in [0, 0.1) is 34.5 Å². The van der Waals surface area contributed by atoms with E-state index in [1.165, 1.54) is 44.9 Å². The average molecular weight is 292 g/mol. The highest BCUT2D eigenvalue weighted by Gasteiger charge is 2.62. The Balaban J connectivity index is 1.70. The average Bonchev–Trinajstić information content (AvgIpc) is 2.73. The first-order valence-corrected chi connectivity index (χ1v) is 9.33. The Hall–Kier alpha value is -0.0800. The molecule has 4 fully saturated rings. The van der Waals surface area contributed by atoms with Crippen LogP contribution in [0.25, 0.3) is 0 Å². The van der Waals surface area contributed by atoms with Crippen molar-refractivity contribution in [2.24, 2.45) is 34.5 Å². The van der Waals surface area contributed by atoms with Gasteiger partial charge in [-0.1, -0.05) is 26.7 Å². The van der Waals surface area contributed by atoms with Gasteiger partial charge in [0.15, 0.2) is 0 Å². The monoisotopic (exact) mass is 292 g/mol. The Kier molecular flexibility index (Phi) is 3.25. The van der Waals surface area contributed by atoms with Crippen molar-refractivity contribution in [1.82, 2.24) is 0 Å². The molecular formula is C19H32O2. The lowest BCUT2D eigenvalue weighted by atomic mass is 9.44. The molecule has 4 aliphatic rings. The summed E-state index contributed by atoms with van der Waals surface area (Å²) in [6.45, 7) is 4.75. The van der Waals surface area contributed by atoms with E-state index in [1.807, 2.05) is 0 Å². The fraction of sp³-hybridized carbons (Fsp3) is 1.00. The minimum absolute atomic E-state index is 0.0154. The van der Waals surface area contributed by atoms with Gasteiger partial charge >= 0.3 is 0 Å². The van der Waals surface area contributed by atoms with Crippen molar-refractivity contribution in [3.63, 3.8) is 0 Å². The second-order valence-electron chi connectivity index (χ2n) is 9.19. The van der Waals surface area contributed by atoms with Gasteiger partial charge in [-0.25, -0.2) is 0 Å². The summed E-state index contributed by atoms with van der Waals surface area (Å²) < 4.78 is 0. The molecule has 0 spiro atoms. The van der Waals surface area contributed by atoms with Gasteiger partial charge in [0.25, 0.3) is 0 Å². The van der Waals surface area contributed by atoms with Crippen molar-refractivity contribution in [3.8, 4) is 0 Å². The molecule has 0 heterocycles. The number of fused-ring (bicyclic) bond motifs is 5. The van der Waals surface area contributed by atoms with Gasteiger partial charge in [0.1, 0.15) is 0 Å². The van der Waals surface area contributed by atoms with Crippen molar-refractivity contribution >= 4 is 0 Å². The van der Waals surface area contributed by atoms with Crippen LogP contribution in [0.5, 0.6) is 0 Å². The van der Waals surface area contributed by atoms with Crippen LogP contribution in [0.2, 0.25) is 0 Å². The maximum atomic E-state index is 11.0. The van der Waals surface area contributed by atoms with E-state index in [4.69, 9.17) is 0 Å². The quantitative estimate of drug-likeness (QED) is 0.714. The molecule has 21 heavy (non-hydrogen) atoms. The summed E-state index contributed by atoms with van der Waals surface area (Å²) in [6, 6.07) is 0. The molecule has 120 valence electrons. The minimum atomic E-state index is -0.185. The van der Waals surface area contributed by atoms with Gasteiger partial charge in [-0.2, -0.15) is 0 Å². The summed E-state index contributed by atoms with van der Waals surface area (Å²) in [6.07, 6.45) is 10.7. The van der Waals surface area contributed by atoms with Crippen LogP contribution in [0.15, 0.2) is 0 Å². The van der Waals surface area contributed by atoms with E-state index in [0.717, 1.165) is 18.8 Å². The van der Waals surface area contributed by atoms with E-state index in [0.29, 0.717) is 23.2 Å². The first-order valence-electron chi connectivity index (χ1n) is 9.33. The van der Waals surface area contributed by atoms with E-state index in [9.17, 15) is 10.2 Å². The zero-order valence-electron chi connectivity index (χ0n) is 13.7. The number of hydrogen-bond acceptors (Lipinski definition) is 2. The lowest BCUT2D eigenvalue weighted by Gasteiger charge is -2.61. The molecule has 0 aliphatic heterocycles. The molecule has 2 heteroatoms. The van der Waals surface area contributed by atoms with Gasteiger partial charge in [-0.3, -0.25) is 0 Å². The highest BCUT2D eigenvalue weighted by Crippen LogP contribution is 2.66. The SMILES string of the molecule is CC12CC(O)C3C(CC[C@H]4CCCCC34C)C1CCC2O. The Morgan fingerprint density at radius 3 is 2.48 bits per heavy atom. The van der Waals surface area contributed by atoms with Gasteiger partial charge < -0.3 is 10.2 Å². The molecule has 7 unspecified atom stereocenters. The summed E-state index contributed by atoms with van der Waals surface area (Å²) in [5.74, 6) is 2.66. The molecule has 4 saturated carbocycles. The fourth-order valence-electron chi connectivity index (χ4n) is 7.39. The lowest BCUT2D eigenvalue weighted by molar-refractivity contribution is -0.175. The van der Waals surface area contributed by atoms with E-state index in [2.05, 4.69) is 13.8 Å². The molecule has 0 saturated heterocycles. The van der Waals surface area contributed by atoms with Gasteiger partial charge in [-0.05, 0) is 79.4 Å². The summed E-state index contributed by atoms with van der Waals surface area (Å²) >= 11 is 0. The topological polar surface area (TPSA) is 40.5 Å². The van der Waals surface area contributed by atoms with Crippen molar-refractivity contribution in [1.29, 1.82) is 0 Å². The molecule has 0 radical (unpaired) electrons. The third-order valence-corrected chi connectivity index (χ3v) is 8.46. The highest BCUT2D eigenvalue weighted by atomic mass is 16.3. The summed E-state index contributed by atoms with van der Waals surface area (Å²) in [7, 11) is 0. The first-order chi connectivity index (χ1) is 9.97. The number of aliphatic hydroxyl groups excluding tert-OH is 2. The van der Waals surface area contributed by atoms with Crippen LogP contribution in [0.3, 0.4) is 0 Å². The smallest absolute Gasteiger partial charge is 0.0597 e. The fourth-order valence-corrected chi connectivity index (χ4v) is 7.39. The van der Waals surface area contributed by atoms with Crippen molar-refractivity contribution in [2.75, 3.05) is 0 Å². The molecule has 4 aliphatic carbocycles. The summed E-state index contributed by atoms with van der Waals surface area (Å²) in [5, 5.41) is 21.5. The van der Waals surface area contributed by atoms with Crippen LogP contribution in [0.4, 0.5) is 0 Å². The summed E-state index contributed by atoms with van der Waals surface area (Å²) in [5.41, 5.74) is 0.355. The maximum Gasteiger partial charge on any atom is 0.0597 e. The molecule has 4 rings (SSSR count). The van der Waals surface area contributed by atoms with Crippen LogP contribution < -0.4 is 0 Å². The van der Waals surface area contributed by atoms with Crippen molar-refractivity contribution < 1.29 is 10.2 Å². The minimum Gasteiger partial charge on any atom is -0.393 e. The number of aliphatic hydroxyl groups is 2. The molecule has 0 bridgehead atoms. The second kappa shape index (κ2) is 4.71. The molecule has 0 aromatic rings. The Morgan fingerprint density at radius 2 is 1.67 bits per heavy atom. The van der Waals surface area contributed by atoms with E-state index in [1.54, 1.807) is 0 Å². The predicted molar refractivity (Wildman–Crippen MR) is 83.7 cm³/mol. The Labute approximate surface area is 129 Å². The third kappa shape index (κ3) is 1.84. The van der Waals surface area contributed by atoms with Crippen LogP contribution in [-0.2, 0) is 0 Å². The van der Waals surface area contributed by atoms with Crippen LogP contribution in [-0.4, -0.2) is 22.4 Å². The van der Waals surface area contributed by atoms with Gasteiger partial charge in [-0.15, -0.1) is 0 Å². The van der Waals surface area contributed by atoms with Crippen LogP contribution in [0.1, 0.15) is 71.6 Å². The number of rotatable bonds is 0. The molecular weight excluding hydrogens is 260 g/mol. The van der Waals surface area contributed by atoms with Crippen molar-refractivity contribution in [3.05, 3.63) is 0 Å². The predicted octanol–water partition coefficient (Wildman–Crippen LogP) is 3.75. The van der Waals surface area contributed by atoms with E-state index >= 15 is 0 Å².